The minimum Gasteiger partial charge on any atom is -0.467 e. The number of aryl methyl sites for hydroxylation is 1. The number of nitro groups is 1. The quantitative estimate of drug-likeness (QED) is 0.442. The monoisotopic (exact) mass is 406 g/mol. The first kappa shape index (κ1) is 23.1. The molecule has 0 heterocycles. The highest BCUT2D eigenvalue weighted by Crippen LogP contribution is 2.20. The number of nitrogens with zero attached hydrogens (tertiary/aromatic N) is 1. The van der Waals surface area contributed by atoms with Crippen molar-refractivity contribution < 1.29 is 19.2 Å². The highest BCUT2D eigenvalue weighted by Gasteiger charge is 2.24. The summed E-state index contributed by atoms with van der Waals surface area (Å²) in [6, 6.07) is 9.83. The third kappa shape index (κ3) is 6.06. The van der Waals surface area contributed by atoms with E-state index >= 15 is 0 Å². The molecule has 150 valence electrons. The second kappa shape index (κ2) is 11.0. The Kier molecular flexibility index (Phi) is 9.11. The number of nitrogens with one attached hydrogen (secondary N) is 1. The van der Waals surface area contributed by atoms with Crippen LogP contribution in [0.25, 0.3) is 0 Å². The van der Waals surface area contributed by atoms with Gasteiger partial charge in [-0.2, -0.15) is 0 Å². The molecule has 1 amide bonds. The first-order valence-corrected chi connectivity index (χ1v) is 9.08. The average Bonchev–Trinajstić information content (AvgIpc) is 2.68. The van der Waals surface area contributed by atoms with E-state index in [1.807, 2.05) is 13.8 Å². The SMILES string of the molecule is CC.COC(=O)C(Cc1ccc([N+](=O)[O-])cc1)NC(=O)c1c(C)cccc1Cl. The van der Waals surface area contributed by atoms with Crippen molar-refractivity contribution in [3.8, 4) is 0 Å². The largest absolute Gasteiger partial charge is 0.467 e. The number of nitro benzene ring substituents is 1. The van der Waals surface area contributed by atoms with Crippen LogP contribution in [-0.4, -0.2) is 30.0 Å². The van der Waals surface area contributed by atoms with Crippen molar-refractivity contribution in [2.75, 3.05) is 7.11 Å². The van der Waals surface area contributed by atoms with E-state index < -0.39 is 22.8 Å². The van der Waals surface area contributed by atoms with Crippen molar-refractivity contribution in [3.05, 3.63) is 74.3 Å². The second-order valence-corrected chi connectivity index (χ2v) is 6.02. The first-order valence-electron chi connectivity index (χ1n) is 8.70. The van der Waals surface area contributed by atoms with Crippen LogP contribution >= 0.6 is 11.6 Å². The van der Waals surface area contributed by atoms with E-state index in [1.165, 1.54) is 31.4 Å². The van der Waals surface area contributed by atoms with Gasteiger partial charge in [0.05, 0.1) is 22.6 Å². The summed E-state index contributed by atoms with van der Waals surface area (Å²) in [5.41, 5.74) is 1.54. The van der Waals surface area contributed by atoms with E-state index in [-0.39, 0.29) is 22.7 Å². The van der Waals surface area contributed by atoms with Crippen molar-refractivity contribution in [3.63, 3.8) is 0 Å². The van der Waals surface area contributed by atoms with Crippen LogP contribution in [0, 0.1) is 17.0 Å². The summed E-state index contributed by atoms with van der Waals surface area (Å²) in [5.74, 6) is -1.12. The molecule has 1 unspecified atom stereocenters. The van der Waals surface area contributed by atoms with Gasteiger partial charge in [-0.1, -0.05) is 49.7 Å². The van der Waals surface area contributed by atoms with Crippen LogP contribution < -0.4 is 5.32 Å². The maximum Gasteiger partial charge on any atom is 0.328 e. The molecule has 2 aromatic carbocycles. The lowest BCUT2D eigenvalue weighted by Gasteiger charge is -2.18. The van der Waals surface area contributed by atoms with Gasteiger partial charge in [-0.25, -0.2) is 4.79 Å². The molecular formula is C20H23ClN2O5. The van der Waals surface area contributed by atoms with Crippen molar-refractivity contribution in [1.82, 2.24) is 5.32 Å². The van der Waals surface area contributed by atoms with Gasteiger partial charge in [0, 0.05) is 18.6 Å². The number of carbonyl (C=O) groups is 2. The van der Waals surface area contributed by atoms with Crippen LogP contribution in [0.3, 0.4) is 0 Å². The number of carbonyl (C=O) groups excluding carboxylic acids is 2. The van der Waals surface area contributed by atoms with Crippen LogP contribution in [-0.2, 0) is 16.0 Å². The molecule has 0 aliphatic rings. The molecule has 0 bridgehead atoms. The Bertz CT molecular complexity index is 817. The molecule has 0 fully saturated rings. The predicted molar refractivity (Wildman–Crippen MR) is 108 cm³/mol. The summed E-state index contributed by atoms with van der Waals surface area (Å²) < 4.78 is 4.75. The molecule has 7 nitrogen and oxygen atoms in total. The minimum absolute atomic E-state index is 0.0564. The van der Waals surface area contributed by atoms with E-state index in [1.54, 1.807) is 25.1 Å². The third-order valence-electron chi connectivity index (χ3n) is 3.83. The molecule has 1 N–H and O–H groups in total. The topological polar surface area (TPSA) is 98.5 Å². The van der Waals surface area contributed by atoms with Crippen molar-refractivity contribution >= 4 is 29.2 Å². The summed E-state index contributed by atoms with van der Waals surface area (Å²) in [5, 5.41) is 13.6. The number of rotatable bonds is 6. The Morgan fingerprint density at radius 2 is 1.79 bits per heavy atom. The molecular weight excluding hydrogens is 384 g/mol. The van der Waals surface area contributed by atoms with Crippen molar-refractivity contribution in [1.29, 1.82) is 0 Å². The number of methoxy groups -OCH3 is 1. The molecule has 0 saturated carbocycles. The standard InChI is InChI=1S/C18H17ClN2O5.C2H6/c1-11-4-3-5-14(19)16(11)17(22)20-15(18(23)26-2)10-12-6-8-13(9-7-12)21(24)25;1-2/h3-9,15H,10H2,1-2H3,(H,20,22);1-2H3. The van der Waals surface area contributed by atoms with Gasteiger partial charge in [-0.3, -0.25) is 14.9 Å². The number of amides is 1. The predicted octanol–water partition coefficient (Wildman–Crippen LogP) is 4.10. The molecule has 0 aliphatic heterocycles. The Labute approximate surface area is 168 Å². The summed E-state index contributed by atoms with van der Waals surface area (Å²) in [6.07, 6.45) is 0.125. The van der Waals surface area contributed by atoms with E-state index in [0.29, 0.717) is 11.1 Å². The van der Waals surface area contributed by atoms with E-state index in [2.05, 4.69) is 5.32 Å². The fourth-order valence-electron chi connectivity index (χ4n) is 2.47. The highest BCUT2D eigenvalue weighted by atomic mass is 35.5. The lowest BCUT2D eigenvalue weighted by Crippen LogP contribution is -2.43. The van der Waals surface area contributed by atoms with Gasteiger partial charge in [0.1, 0.15) is 6.04 Å². The molecule has 1 atom stereocenters. The van der Waals surface area contributed by atoms with Crippen LogP contribution in [0.1, 0.15) is 35.3 Å². The van der Waals surface area contributed by atoms with Gasteiger partial charge in [0.2, 0.25) is 0 Å². The minimum atomic E-state index is -0.954. The van der Waals surface area contributed by atoms with Crippen LogP contribution in [0.4, 0.5) is 5.69 Å². The molecule has 2 rings (SSSR count). The zero-order valence-electron chi connectivity index (χ0n) is 16.2. The fourth-order valence-corrected chi connectivity index (χ4v) is 2.78. The number of esters is 1. The van der Waals surface area contributed by atoms with Gasteiger partial charge in [0.15, 0.2) is 0 Å². The normalized spacial score (nSPS) is 10.9. The van der Waals surface area contributed by atoms with Gasteiger partial charge in [-0.15, -0.1) is 0 Å². The molecule has 0 radical (unpaired) electrons. The number of ether oxygens (including phenoxy) is 1. The summed E-state index contributed by atoms with van der Waals surface area (Å²) in [6.45, 7) is 5.74. The lowest BCUT2D eigenvalue weighted by molar-refractivity contribution is -0.384. The van der Waals surface area contributed by atoms with Gasteiger partial charge >= 0.3 is 5.97 Å². The second-order valence-electron chi connectivity index (χ2n) is 5.61. The number of hydrogen-bond acceptors (Lipinski definition) is 5. The number of hydrogen-bond donors (Lipinski definition) is 1. The maximum atomic E-state index is 12.6. The van der Waals surface area contributed by atoms with E-state index in [0.717, 1.165) is 0 Å². The molecule has 8 heteroatoms. The van der Waals surface area contributed by atoms with E-state index in [4.69, 9.17) is 16.3 Å². The Morgan fingerprint density at radius 3 is 2.29 bits per heavy atom. The van der Waals surface area contributed by atoms with Crippen molar-refractivity contribution in [2.24, 2.45) is 0 Å². The highest BCUT2D eigenvalue weighted by molar-refractivity contribution is 6.34. The van der Waals surface area contributed by atoms with Crippen LogP contribution in [0.5, 0.6) is 0 Å². The van der Waals surface area contributed by atoms with E-state index in [9.17, 15) is 19.7 Å². The molecule has 0 spiro atoms. The van der Waals surface area contributed by atoms with Gasteiger partial charge in [-0.05, 0) is 24.1 Å². The first-order chi connectivity index (χ1) is 13.3. The maximum absolute atomic E-state index is 12.6. The third-order valence-corrected chi connectivity index (χ3v) is 4.14. The van der Waals surface area contributed by atoms with Crippen LogP contribution in [0.2, 0.25) is 5.02 Å². The Balaban J connectivity index is 0.00000190. The van der Waals surface area contributed by atoms with Crippen molar-refractivity contribution in [2.45, 2.75) is 33.2 Å². The Hall–Kier alpha value is -2.93. The molecule has 28 heavy (non-hydrogen) atoms. The lowest BCUT2D eigenvalue weighted by atomic mass is 10.0. The number of non-ortho nitro benzene ring substituents is 1. The number of benzene rings is 2. The smallest absolute Gasteiger partial charge is 0.328 e. The Morgan fingerprint density at radius 1 is 1.18 bits per heavy atom. The summed E-state index contributed by atoms with van der Waals surface area (Å²) in [4.78, 5) is 34.8. The molecule has 0 aliphatic carbocycles. The fraction of sp³-hybridized carbons (Fsp3) is 0.300. The average molecular weight is 407 g/mol. The molecule has 2 aromatic rings. The van der Waals surface area contributed by atoms with Crippen LogP contribution in [0.15, 0.2) is 42.5 Å². The molecule has 0 aromatic heterocycles. The van der Waals surface area contributed by atoms with Gasteiger partial charge < -0.3 is 10.1 Å². The number of halogens is 1. The van der Waals surface area contributed by atoms with Gasteiger partial charge in [0.25, 0.3) is 11.6 Å². The summed E-state index contributed by atoms with van der Waals surface area (Å²) in [7, 11) is 1.22. The summed E-state index contributed by atoms with van der Waals surface area (Å²) >= 11 is 6.09. The zero-order valence-corrected chi connectivity index (χ0v) is 16.9. The molecule has 0 saturated heterocycles. The zero-order chi connectivity index (χ0) is 21.3.